The summed E-state index contributed by atoms with van der Waals surface area (Å²) in [6.45, 7) is 3.59. The van der Waals surface area contributed by atoms with E-state index in [2.05, 4.69) is 17.2 Å². The summed E-state index contributed by atoms with van der Waals surface area (Å²) in [5.74, 6) is -0.140. The number of hydrogen-bond acceptors (Lipinski definition) is 2. The van der Waals surface area contributed by atoms with Crippen molar-refractivity contribution >= 4 is 0 Å². The average Bonchev–Trinajstić information content (AvgIpc) is 2.44. The van der Waals surface area contributed by atoms with Gasteiger partial charge in [-0.2, -0.15) is 0 Å². The predicted molar refractivity (Wildman–Crippen MR) is 75.4 cm³/mol. The van der Waals surface area contributed by atoms with Crippen molar-refractivity contribution in [3.63, 3.8) is 0 Å². The second-order valence-corrected chi connectivity index (χ2v) is 4.64. The van der Waals surface area contributed by atoms with Crippen molar-refractivity contribution in [1.82, 2.24) is 10.3 Å². The lowest BCUT2D eigenvalue weighted by Crippen LogP contribution is -2.15. The van der Waals surface area contributed by atoms with E-state index in [1.807, 2.05) is 30.5 Å². The first-order valence-corrected chi connectivity index (χ1v) is 6.66. The first-order chi connectivity index (χ1) is 9.29. The van der Waals surface area contributed by atoms with Gasteiger partial charge in [-0.15, -0.1) is 0 Å². The fourth-order valence-electron chi connectivity index (χ4n) is 2.01. The molecule has 2 nitrogen and oxygen atoms in total. The van der Waals surface area contributed by atoms with E-state index in [-0.39, 0.29) is 5.82 Å². The molecule has 2 rings (SSSR count). The summed E-state index contributed by atoms with van der Waals surface area (Å²) < 4.78 is 13.7. The molecule has 0 radical (unpaired) electrons. The van der Waals surface area contributed by atoms with Crippen molar-refractivity contribution in [2.75, 3.05) is 6.54 Å². The number of aromatic nitrogens is 1. The molecule has 0 aliphatic carbocycles. The highest BCUT2D eigenvalue weighted by molar-refractivity contribution is 5.29. The third kappa shape index (κ3) is 4.14. The lowest BCUT2D eigenvalue weighted by molar-refractivity contribution is 0.585. The molecule has 0 unspecified atom stereocenters. The largest absolute Gasteiger partial charge is 0.313 e. The van der Waals surface area contributed by atoms with Crippen LogP contribution in [-0.4, -0.2) is 11.5 Å². The Labute approximate surface area is 113 Å². The van der Waals surface area contributed by atoms with Gasteiger partial charge in [0.05, 0.1) is 0 Å². The van der Waals surface area contributed by atoms with Crippen LogP contribution in [0.5, 0.6) is 0 Å². The van der Waals surface area contributed by atoms with Crippen molar-refractivity contribution in [1.29, 1.82) is 0 Å². The first kappa shape index (κ1) is 13.7. The third-order valence-electron chi connectivity index (χ3n) is 2.98. The fourth-order valence-corrected chi connectivity index (χ4v) is 2.01. The zero-order valence-corrected chi connectivity index (χ0v) is 11.2. The molecule has 100 valence electrons. The van der Waals surface area contributed by atoms with E-state index in [0.29, 0.717) is 6.54 Å². The number of pyridine rings is 1. The summed E-state index contributed by atoms with van der Waals surface area (Å²) in [6.07, 6.45) is 5.44. The van der Waals surface area contributed by atoms with E-state index in [9.17, 15) is 4.39 Å². The van der Waals surface area contributed by atoms with Crippen LogP contribution in [0.3, 0.4) is 0 Å². The summed E-state index contributed by atoms with van der Waals surface area (Å²) in [7, 11) is 0. The Balaban J connectivity index is 2.07. The zero-order valence-electron chi connectivity index (χ0n) is 11.2. The van der Waals surface area contributed by atoms with Crippen LogP contribution in [0.4, 0.5) is 4.39 Å². The fraction of sp³-hybridized carbons (Fsp3) is 0.312. The van der Waals surface area contributed by atoms with Crippen molar-refractivity contribution in [2.45, 2.75) is 26.3 Å². The maximum atomic E-state index is 13.7. The molecule has 19 heavy (non-hydrogen) atoms. The Bertz CT molecular complexity index is 511. The normalized spacial score (nSPS) is 10.6. The SMILES string of the molecule is CCCNCc1cc(Cc2cccnc2)ccc1F. The summed E-state index contributed by atoms with van der Waals surface area (Å²) >= 11 is 0. The van der Waals surface area contributed by atoms with Gasteiger partial charge >= 0.3 is 0 Å². The number of halogens is 1. The van der Waals surface area contributed by atoms with Crippen molar-refractivity contribution < 1.29 is 4.39 Å². The minimum absolute atomic E-state index is 0.140. The smallest absolute Gasteiger partial charge is 0.127 e. The highest BCUT2D eigenvalue weighted by Gasteiger charge is 2.04. The first-order valence-electron chi connectivity index (χ1n) is 6.66. The van der Waals surface area contributed by atoms with Gasteiger partial charge < -0.3 is 5.32 Å². The maximum absolute atomic E-state index is 13.7. The Kier molecular flexibility index (Phi) is 5.04. The van der Waals surface area contributed by atoms with Gasteiger partial charge in [0.2, 0.25) is 0 Å². The summed E-state index contributed by atoms with van der Waals surface area (Å²) in [5, 5.41) is 3.23. The number of nitrogens with one attached hydrogen (secondary N) is 1. The molecule has 2 aromatic rings. The zero-order chi connectivity index (χ0) is 13.5. The molecule has 0 bridgehead atoms. The second kappa shape index (κ2) is 7.00. The Morgan fingerprint density at radius 1 is 1.21 bits per heavy atom. The van der Waals surface area contributed by atoms with E-state index in [4.69, 9.17) is 0 Å². The monoisotopic (exact) mass is 258 g/mol. The Morgan fingerprint density at radius 2 is 2.11 bits per heavy atom. The standard InChI is InChI=1S/C16H19FN2/c1-2-7-18-12-15-10-13(5-6-16(15)17)9-14-4-3-8-19-11-14/h3-6,8,10-11,18H,2,7,9,12H2,1H3. The molecule has 0 spiro atoms. The molecule has 1 aromatic carbocycles. The van der Waals surface area contributed by atoms with E-state index < -0.39 is 0 Å². The lowest BCUT2D eigenvalue weighted by Gasteiger charge is -2.08. The molecular formula is C16H19FN2. The highest BCUT2D eigenvalue weighted by Crippen LogP contribution is 2.14. The molecule has 0 fully saturated rings. The molecule has 1 N–H and O–H groups in total. The number of benzene rings is 1. The maximum Gasteiger partial charge on any atom is 0.127 e. The van der Waals surface area contributed by atoms with Crippen LogP contribution >= 0.6 is 0 Å². The predicted octanol–water partition coefficient (Wildman–Crippen LogP) is 3.31. The third-order valence-corrected chi connectivity index (χ3v) is 2.98. The molecule has 0 aliphatic heterocycles. The van der Waals surface area contributed by atoms with Gasteiger partial charge in [-0.05, 0) is 42.6 Å². The topological polar surface area (TPSA) is 24.9 Å². The molecule has 0 aliphatic rings. The van der Waals surface area contributed by atoms with Gasteiger partial charge in [-0.3, -0.25) is 4.98 Å². The van der Waals surface area contributed by atoms with Gasteiger partial charge in [0.15, 0.2) is 0 Å². The van der Waals surface area contributed by atoms with Crippen LogP contribution in [0.2, 0.25) is 0 Å². The summed E-state index contributed by atoms with van der Waals surface area (Å²) in [4.78, 5) is 4.10. The highest BCUT2D eigenvalue weighted by atomic mass is 19.1. The molecule has 0 saturated carbocycles. The molecular weight excluding hydrogens is 239 g/mol. The minimum atomic E-state index is -0.140. The quantitative estimate of drug-likeness (QED) is 0.804. The van der Waals surface area contributed by atoms with Gasteiger partial charge in [0, 0.05) is 24.5 Å². The molecule has 0 atom stereocenters. The van der Waals surface area contributed by atoms with Crippen LogP contribution in [-0.2, 0) is 13.0 Å². The number of hydrogen-bond donors (Lipinski definition) is 1. The van der Waals surface area contributed by atoms with Crippen molar-refractivity contribution in [3.8, 4) is 0 Å². The van der Waals surface area contributed by atoms with Crippen LogP contribution in [0.25, 0.3) is 0 Å². The summed E-state index contributed by atoms with van der Waals surface area (Å²) in [5.41, 5.74) is 2.99. The molecule has 1 aromatic heterocycles. The number of rotatable bonds is 6. The Morgan fingerprint density at radius 3 is 2.84 bits per heavy atom. The van der Waals surface area contributed by atoms with Gasteiger partial charge in [-0.1, -0.05) is 25.1 Å². The molecule has 0 amide bonds. The Hall–Kier alpha value is -1.74. The number of nitrogens with zero attached hydrogens (tertiary/aromatic N) is 1. The average molecular weight is 258 g/mol. The van der Waals surface area contributed by atoms with Crippen LogP contribution < -0.4 is 5.32 Å². The van der Waals surface area contributed by atoms with Gasteiger partial charge in [-0.25, -0.2) is 4.39 Å². The van der Waals surface area contributed by atoms with Crippen LogP contribution in [0, 0.1) is 5.82 Å². The van der Waals surface area contributed by atoms with E-state index in [1.165, 1.54) is 0 Å². The van der Waals surface area contributed by atoms with Gasteiger partial charge in [0.1, 0.15) is 5.82 Å². The van der Waals surface area contributed by atoms with Crippen LogP contribution in [0.1, 0.15) is 30.0 Å². The van der Waals surface area contributed by atoms with E-state index in [0.717, 1.165) is 36.1 Å². The molecule has 0 saturated heterocycles. The van der Waals surface area contributed by atoms with Gasteiger partial charge in [0.25, 0.3) is 0 Å². The van der Waals surface area contributed by atoms with Crippen molar-refractivity contribution in [3.05, 3.63) is 65.2 Å². The van der Waals surface area contributed by atoms with E-state index >= 15 is 0 Å². The van der Waals surface area contributed by atoms with Crippen molar-refractivity contribution in [2.24, 2.45) is 0 Å². The van der Waals surface area contributed by atoms with Crippen LogP contribution in [0.15, 0.2) is 42.7 Å². The minimum Gasteiger partial charge on any atom is -0.313 e. The van der Waals surface area contributed by atoms with E-state index in [1.54, 1.807) is 12.3 Å². The molecule has 1 heterocycles. The lowest BCUT2D eigenvalue weighted by atomic mass is 10.0. The summed E-state index contributed by atoms with van der Waals surface area (Å²) in [6, 6.07) is 9.28. The molecule has 3 heteroatoms. The second-order valence-electron chi connectivity index (χ2n) is 4.64.